The highest BCUT2D eigenvalue weighted by molar-refractivity contribution is 6.33. The van der Waals surface area contributed by atoms with Crippen LogP contribution in [0.2, 0.25) is 5.02 Å². The van der Waals surface area contributed by atoms with Gasteiger partial charge in [-0.2, -0.15) is 4.98 Å². The fraction of sp³-hybridized carbons (Fsp3) is 0.200. The summed E-state index contributed by atoms with van der Waals surface area (Å²) in [6.07, 6.45) is 1.38. The number of ether oxygens (including phenoxy) is 2. The minimum Gasteiger partial charge on any atom is -0.491 e. The number of aromatic amines is 1. The quantitative estimate of drug-likeness (QED) is 0.225. The normalized spacial score (nSPS) is 11.0. The molecule has 2 aromatic heterocycles. The smallest absolute Gasteiger partial charge is 0.355 e. The zero-order valence-corrected chi connectivity index (χ0v) is 21.1. The summed E-state index contributed by atoms with van der Waals surface area (Å²) in [5.74, 6) is -4.49. The second kappa shape index (κ2) is 12.0. The van der Waals surface area contributed by atoms with Gasteiger partial charge in [0.15, 0.2) is 17.5 Å². The van der Waals surface area contributed by atoms with E-state index in [1.165, 1.54) is 37.6 Å². The number of hydrogen-bond acceptors (Lipinski definition) is 7. The van der Waals surface area contributed by atoms with Gasteiger partial charge >= 0.3 is 11.4 Å². The lowest BCUT2D eigenvalue weighted by Gasteiger charge is -2.17. The van der Waals surface area contributed by atoms with Crippen molar-refractivity contribution in [1.29, 1.82) is 0 Å². The Labute approximate surface area is 223 Å². The van der Waals surface area contributed by atoms with Gasteiger partial charge in [0.05, 0.1) is 30.4 Å². The zero-order chi connectivity index (χ0) is 28.1. The molecule has 0 unspecified atom stereocenters. The average molecular weight is 564 g/mol. The predicted molar refractivity (Wildman–Crippen MR) is 136 cm³/mol. The molecule has 2 heterocycles. The van der Waals surface area contributed by atoms with Crippen LogP contribution in [0.15, 0.2) is 63.0 Å². The van der Waals surface area contributed by atoms with Crippen LogP contribution in [-0.2, 0) is 17.8 Å². The lowest BCUT2D eigenvalue weighted by Crippen LogP contribution is -2.43. The van der Waals surface area contributed by atoms with Gasteiger partial charge in [0.2, 0.25) is 5.95 Å². The van der Waals surface area contributed by atoms with E-state index in [2.05, 4.69) is 15.3 Å². The molecule has 0 fully saturated rings. The summed E-state index contributed by atoms with van der Waals surface area (Å²) in [4.78, 5) is 44.8. The Morgan fingerprint density at radius 1 is 1.00 bits per heavy atom. The van der Waals surface area contributed by atoms with E-state index in [9.17, 15) is 27.6 Å². The summed E-state index contributed by atoms with van der Waals surface area (Å²) in [6, 6.07) is 8.92. The first-order valence-corrected chi connectivity index (χ1v) is 11.8. The maximum atomic E-state index is 13.9. The number of pyridine rings is 1. The first-order valence-electron chi connectivity index (χ1n) is 11.4. The van der Waals surface area contributed by atoms with Gasteiger partial charge in [-0.3, -0.25) is 9.36 Å². The van der Waals surface area contributed by atoms with E-state index >= 15 is 0 Å². The third-order valence-corrected chi connectivity index (χ3v) is 5.82. The van der Waals surface area contributed by atoms with Crippen molar-refractivity contribution in [2.24, 2.45) is 0 Å². The Bertz CT molecular complexity index is 1670. The van der Waals surface area contributed by atoms with Crippen molar-refractivity contribution in [3.05, 3.63) is 114 Å². The van der Waals surface area contributed by atoms with Crippen LogP contribution in [0.25, 0.3) is 0 Å². The van der Waals surface area contributed by atoms with Gasteiger partial charge in [0.25, 0.3) is 5.56 Å². The van der Waals surface area contributed by atoms with E-state index < -0.39 is 47.5 Å². The SMILES string of the molecule is COCCOc1ccc(Nc2nc(=O)n(Cc3ccc[nH]c3=O)c(=O)n2Cc2cc(F)c(F)c(F)c2)c(Cl)c1. The molecule has 39 heavy (non-hydrogen) atoms. The summed E-state index contributed by atoms with van der Waals surface area (Å²) >= 11 is 6.35. The first-order chi connectivity index (χ1) is 18.7. The molecular formula is C25H21ClF3N5O5. The van der Waals surface area contributed by atoms with E-state index in [1.807, 2.05) is 0 Å². The number of aromatic nitrogens is 4. The van der Waals surface area contributed by atoms with Gasteiger partial charge in [-0.15, -0.1) is 0 Å². The third-order valence-electron chi connectivity index (χ3n) is 5.51. The number of rotatable bonds is 10. The Kier molecular flexibility index (Phi) is 8.52. The van der Waals surface area contributed by atoms with Crippen molar-refractivity contribution in [2.75, 3.05) is 25.6 Å². The van der Waals surface area contributed by atoms with E-state index in [0.29, 0.717) is 29.1 Å². The molecule has 0 amide bonds. The molecule has 10 nitrogen and oxygen atoms in total. The lowest BCUT2D eigenvalue weighted by molar-refractivity contribution is 0.146. The van der Waals surface area contributed by atoms with E-state index in [-0.39, 0.29) is 34.4 Å². The first kappa shape index (κ1) is 27.7. The van der Waals surface area contributed by atoms with Crippen molar-refractivity contribution < 1.29 is 22.6 Å². The maximum Gasteiger partial charge on any atom is 0.355 e. The minimum absolute atomic E-state index is 0.0942. The number of nitrogens with zero attached hydrogens (tertiary/aromatic N) is 3. The van der Waals surface area contributed by atoms with Gasteiger partial charge in [0, 0.05) is 24.9 Å². The van der Waals surface area contributed by atoms with Gasteiger partial charge < -0.3 is 19.8 Å². The van der Waals surface area contributed by atoms with Crippen molar-refractivity contribution in [3.63, 3.8) is 0 Å². The molecule has 0 saturated carbocycles. The van der Waals surface area contributed by atoms with Crippen molar-refractivity contribution in [3.8, 4) is 5.75 Å². The number of H-pyrrole nitrogens is 1. The molecule has 204 valence electrons. The number of benzene rings is 2. The maximum absolute atomic E-state index is 13.9. The summed E-state index contributed by atoms with van der Waals surface area (Å²) in [5, 5.41) is 2.92. The molecule has 0 spiro atoms. The summed E-state index contributed by atoms with van der Waals surface area (Å²) < 4.78 is 53.3. The molecule has 4 aromatic rings. The summed E-state index contributed by atoms with van der Waals surface area (Å²) in [5.41, 5.74) is -2.30. The van der Waals surface area contributed by atoms with Crippen molar-refractivity contribution in [1.82, 2.24) is 19.1 Å². The molecule has 2 N–H and O–H groups in total. The number of methoxy groups -OCH3 is 1. The highest BCUT2D eigenvalue weighted by Crippen LogP contribution is 2.29. The van der Waals surface area contributed by atoms with Crippen molar-refractivity contribution in [2.45, 2.75) is 13.1 Å². The van der Waals surface area contributed by atoms with Crippen LogP contribution in [0.4, 0.5) is 24.8 Å². The van der Waals surface area contributed by atoms with Gasteiger partial charge in [-0.25, -0.2) is 27.3 Å². The molecule has 0 bridgehead atoms. The predicted octanol–water partition coefficient (Wildman–Crippen LogP) is 3.03. The van der Waals surface area contributed by atoms with Crippen LogP contribution < -0.4 is 27.0 Å². The number of hydrogen-bond donors (Lipinski definition) is 2. The second-order valence-electron chi connectivity index (χ2n) is 8.18. The number of nitrogens with one attached hydrogen (secondary N) is 2. The molecular weight excluding hydrogens is 543 g/mol. The molecule has 14 heteroatoms. The molecule has 2 aromatic carbocycles. The van der Waals surface area contributed by atoms with Gasteiger partial charge in [-0.05, 0) is 35.9 Å². The number of anilines is 2. The standard InChI is InChI=1S/C25H21ClF3N5O5/c1-38-7-8-39-16-4-5-20(17(26)11-16)31-23-32-24(36)34(13-15-3-2-6-30-22(15)35)25(37)33(23)12-14-9-18(27)21(29)19(28)10-14/h2-6,9-11H,7-8,12-13H2,1H3,(H,30,35)(H,31,32,36). The fourth-order valence-electron chi connectivity index (χ4n) is 3.59. The van der Waals surface area contributed by atoms with Gasteiger partial charge in [-0.1, -0.05) is 17.7 Å². The van der Waals surface area contributed by atoms with Crippen LogP contribution in [-0.4, -0.2) is 39.4 Å². The van der Waals surface area contributed by atoms with E-state index in [1.54, 1.807) is 6.07 Å². The highest BCUT2D eigenvalue weighted by Gasteiger charge is 2.18. The van der Waals surface area contributed by atoms with Gasteiger partial charge in [0.1, 0.15) is 12.4 Å². The molecule has 0 aliphatic heterocycles. The Morgan fingerprint density at radius 2 is 1.74 bits per heavy atom. The van der Waals surface area contributed by atoms with Crippen LogP contribution in [0.1, 0.15) is 11.1 Å². The molecule has 0 aliphatic rings. The lowest BCUT2D eigenvalue weighted by atomic mass is 10.2. The minimum atomic E-state index is -1.67. The topological polar surface area (TPSA) is 120 Å². The molecule has 0 radical (unpaired) electrons. The fourth-order valence-corrected chi connectivity index (χ4v) is 3.80. The monoisotopic (exact) mass is 563 g/mol. The molecule has 0 aliphatic carbocycles. The molecule has 4 rings (SSSR count). The Morgan fingerprint density at radius 3 is 2.41 bits per heavy atom. The van der Waals surface area contributed by atoms with Crippen LogP contribution >= 0.6 is 11.6 Å². The number of halogens is 4. The van der Waals surface area contributed by atoms with Crippen molar-refractivity contribution >= 4 is 23.2 Å². The molecule has 0 saturated heterocycles. The van der Waals surface area contributed by atoms with Crippen LogP contribution in [0, 0.1) is 17.5 Å². The largest absolute Gasteiger partial charge is 0.491 e. The second-order valence-corrected chi connectivity index (χ2v) is 8.59. The van der Waals surface area contributed by atoms with E-state index in [4.69, 9.17) is 21.1 Å². The zero-order valence-electron chi connectivity index (χ0n) is 20.3. The Balaban J connectivity index is 1.77. The summed E-state index contributed by atoms with van der Waals surface area (Å²) in [7, 11) is 1.52. The average Bonchev–Trinajstić information content (AvgIpc) is 2.90. The Hall–Kier alpha value is -4.36. The van der Waals surface area contributed by atoms with E-state index in [0.717, 1.165) is 4.57 Å². The molecule has 0 atom stereocenters. The summed E-state index contributed by atoms with van der Waals surface area (Å²) in [6.45, 7) is -0.317. The van der Waals surface area contributed by atoms with Crippen LogP contribution in [0.3, 0.4) is 0 Å². The third kappa shape index (κ3) is 6.38. The van der Waals surface area contributed by atoms with Crippen LogP contribution in [0.5, 0.6) is 5.75 Å². The highest BCUT2D eigenvalue weighted by atomic mass is 35.5.